The van der Waals surface area contributed by atoms with E-state index >= 15 is 0 Å². The van der Waals surface area contributed by atoms with E-state index in [1.165, 1.54) is 0 Å². The molecule has 1 nitrogen and oxygen atoms in total. The quantitative estimate of drug-likeness (QED) is 0.341. The topological polar surface area (TPSA) is 20.2 Å². The van der Waals surface area contributed by atoms with Gasteiger partial charge >= 0.3 is 19.5 Å². The van der Waals surface area contributed by atoms with Crippen LogP contribution < -0.4 is 12.4 Å². The minimum absolute atomic E-state index is 0. The van der Waals surface area contributed by atoms with Gasteiger partial charge in [-0.1, -0.05) is 0 Å². The van der Waals surface area contributed by atoms with Crippen molar-refractivity contribution in [2.45, 2.75) is 0 Å². The maximum absolute atomic E-state index is 7.00. The fourth-order valence-corrected chi connectivity index (χ4v) is 0. The summed E-state index contributed by atoms with van der Waals surface area (Å²) in [5.74, 6) is 0. The molecule has 0 aliphatic carbocycles. The molecule has 1 N–H and O–H groups in total. The molecule has 0 aliphatic rings. The van der Waals surface area contributed by atoms with Crippen molar-refractivity contribution in [1.29, 1.82) is 0 Å². The number of hydrogen-bond acceptors (Lipinski definition) is 1. The molecule has 0 radical (unpaired) electrons. The molecule has 0 aromatic carbocycles. The Morgan fingerprint density at radius 2 is 1.25 bits per heavy atom. The number of hydrogen-bond donors (Lipinski definition) is 1. The summed E-state index contributed by atoms with van der Waals surface area (Å²) < 4.78 is 0. The monoisotopic (exact) mass is 131 g/mol. The second-order valence-corrected chi connectivity index (χ2v) is 0. The van der Waals surface area contributed by atoms with Crippen molar-refractivity contribution >= 4 is 0 Å². The summed E-state index contributed by atoms with van der Waals surface area (Å²) >= 11 is 0. The minimum Gasteiger partial charge on any atom is -1.00 e. The Bertz CT molecular complexity index is 8.00. The van der Waals surface area contributed by atoms with E-state index in [9.17, 15) is 0 Å². The molecule has 0 saturated heterocycles. The summed E-state index contributed by atoms with van der Waals surface area (Å²) in [5.41, 5.74) is 0. The summed E-state index contributed by atoms with van der Waals surface area (Å²) in [5, 5.41) is 7.00. The SMILES string of the molecule is CO.[Cl-].[Zn+2]. The molecule has 0 rings (SSSR count). The van der Waals surface area contributed by atoms with Gasteiger partial charge in [-0.05, 0) is 0 Å². The van der Waals surface area contributed by atoms with E-state index in [0.717, 1.165) is 7.11 Å². The number of aliphatic hydroxyl groups is 1. The molecule has 0 fully saturated rings. The first kappa shape index (κ1) is 20.8. The molecule has 0 spiro atoms. The average Bonchev–Trinajstić information content (AvgIpc) is 1.00. The number of rotatable bonds is 0. The van der Waals surface area contributed by atoms with Gasteiger partial charge in [-0.15, -0.1) is 0 Å². The molecular weight excluding hydrogens is 129 g/mol. The Balaban J connectivity index is -0.00000000500. The van der Waals surface area contributed by atoms with E-state index in [4.69, 9.17) is 5.11 Å². The third-order valence-electron chi connectivity index (χ3n) is 0. The maximum Gasteiger partial charge on any atom is 2.00 e. The molecule has 0 aromatic heterocycles. The largest absolute Gasteiger partial charge is 2.00 e. The normalized spacial score (nSPS) is 1.50. The molecule has 3 heteroatoms. The van der Waals surface area contributed by atoms with Crippen LogP contribution in [0.3, 0.4) is 0 Å². The van der Waals surface area contributed by atoms with Crippen LogP contribution >= 0.6 is 0 Å². The van der Waals surface area contributed by atoms with Gasteiger partial charge in [0.1, 0.15) is 0 Å². The van der Waals surface area contributed by atoms with Crippen LogP contribution in [0.4, 0.5) is 0 Å². The van der Waals surface area contributed by atoms with Crippen LogP contribution in [0, 0.1) is 0 Å². The Hall–Kier alpha value is 0.873. The second-order valence-electron chi connectivity index (χ2n) is 0. The standard InChI is InChI=1S/CH4O.ClH.Zn/c1-2;;/h2H,1H3;1H;/q;;+2/p-1. The molecular formula is CH4ClOZn+. The zero-order valence-corrected chi connectivity index (χ0v) is 6.26. The molecule has 22 valence electrons. The van der Waals surface area contributed by atoms with Crippen LogP contribution in [0.25, 0.3) is 0 Å². The fourth-order valence-electron chi connectivity index (χ4n) is 0. The van der Waals surface area contributed by atoms with E-state index in [1.807, 2.05) is 0 Å². The van der Waals surface area contributed by atoms with Gasteiger partial charge < -0.3 is 17.5 Å². The van der Waals surface area contributed by atoms with Crippen LogP contribution in [0.15, 0.2) is 0 Å². The minimum atomic E-state index is 0. The van der Waals surface area contributed by atoms with E-state index in [2.05, 4.69) is 0 Å². The molecule has 0 saturated carbocycles. The van der Waals surface area contributed by atoms with Crippen LogP contribution in [0.5, 0.6) is 0 Å². The first-order valence-corrected chi connectivity index (χ1v) is 0.447. The second kappa shape index (κ2) is 41.9. The molecule has 4 heavy (non-hydrogen) atoms. The molecule has 0 amide bonds. The van der Waals surface area contributed by atoms with Gasteiger partial charge in [0.15, 0.2) is 0 Å². The smallest absolute Gasteiger partial charge is 1.00 e. The molecule has 0 aromatic rings. The fraction of sp³-hybridized carbons (Fsp3) is 1.00. The van der Waals surface area contributed by atoms with Crippen molar-refractivity contribution in [2.24, 2.45) is 0 Å². The zero-order valence-electron chi connectivity index (χ0n) is 2.53. The predicted molar refractivity (Wildman–Crippen MR) is 8.14 cm³/mol. The van der Waals surface area contributed by atoms with Crippen molar-refractivity contribution in [3.8, 4) is 0 Å². The van der Waals surface area contributed by atoms with Crippen molar-refractivity contribution in [3.05, 3.63) is 0 Å². The third kappa shape index (κ3) is 13.2. The van der Waals surface area contributed by atoms with Gasteiger partial charge in [0.05, 0.1) is 0 Å². The molecule has 0 heterocycles. The van der Waals surface area contributed by atoms with E-state index in [0.29, 0.717) is 0 Å². The zero-order chi connectivity index (χ0) is 2.00. The molecule has 0 aliphatic heterocycles. The Labute approximate surface area is 44.6 Å². The first-order valence-electron chi connectivity index (χ1n) is 0.447. The Morgan fingerprint density at radius 3 is 1.25 bits per heavy atom. The van der Waals surface area contributed by atoms with Gasteiger partial charge in [-0.25, -0.2) is 0 Å². The van der Waals surface area contributed by atoms with E-state index in [1.54, 1.807) is 0 Å². The van der Waals surface area contributed by atoms with Crippen molar-refractivity contribution < 1.29 is 37.0 Å². The average molecular weight is 133 g/mol. The molecule has 0 unspecified atom stereocenters. The number of halogens is 1. The van der Waals surface area contributed by atoms with Gasteiger partial charge in [0.2, 0.25) is 0 Å². The van der Waals surface area contributed by atoms with Crippen LogP contribution in [0.1, 0.15) is 0 Å². The van der Waals surface area contributed by atoms with Crippen LogP contribution in [0.2, 0.25) is 0 Å². The van der Waals surface area contributed by atoms with Crippen molar-refractivity contribution in [3.63, 3.8) is 0 Å². The summed E-state index contributed by atoms with van der Waals surface area (Å²) in [6.45, 7) is 0. The van der Waals surface area contributed by atoms with Gasteiger partial charge in [-0.2, -0.15) is 0 Å². The molecule has 0 bridgehead atoms. The van der Waals surface area contributed by atoms with Gasteiger partial charge in [-0.3, -0.25) is 0 Å². The molecule has 0 atom stereocenters. The predicted octanol–water partition coefficient (Wildman–Crippen LogP) is -3.39. The summed E-state index contributed by atoms with van der Waals surface area (Å²) in [7, 11) is 1.00. The Kier molecular flexibility index (Phi) is 218. The number of aliphatic hydroxyl groups excluding tert-OH is 1. The first-order chi connectivity index (χ1) is 1.00. The summed E-state index contributed by atoms with van der Waals surface area (Å²) in [6, 6.07) is 0. The third-order valence-corrected chi connectivity index (χ3v) is 0. The summed E-state index contributed by atoms with van der Waals surface area (Å²) in [4.78, 5) is 0. The van der Waals surface area contributed by atoms with Gasteiger partial charge in [0, 0.05) is 7.11 Å². The van der Waals surface area contributed by atoms with Crippen molar-refractivity contribution in [2.75, 3.05) is 7.11 Å². The van der Waals surface area contributed by atoms with E-state index < -0.39 is 0 Å². The van der Waals surface area contributed by atoms with E-state index in [-0.39, 0.29) is 31.9 Å². The van der Waals surface area contributed by atoms with Crippen LogP contribution in [-0.2, 0) is 19.5 Å². The van der Waals surface area contributed by atoms with Gasteiger partial charge in [0.25, 0.3) is 0 Å². The van der Waals surface area contributed by atoms with Crippen molar-refractivity contribution in [1.82, 2.24) is 0 Å². The Morgan fingerprint density at radius 1 is 1.25 bits per heavy atom. The maximum atomic E-state index is 7.00. The summed E-state index contributed by atoms with van der Waals surface area (Å²) in [6.07, 6.45) is 0. The van der Waals surface area contributed by atoms with Crippen LogP contribution in [-0.4, -0.2) is 12.2 Å².